The summed E-state index contributed by atoms with van der Waals surface area (Å²) < 4.78 is 29.4. The number of nitrogens with one attached hydrogen (secondary N) is 2. The topological polar surface area (TPSA) is 76.0 Å². The Morgan fingerprint density at radius 2 is 2.10 bits per heavy atom. The summed E-state index contributed by atoms with van der Waals surface area (Å²) >= 11 is 3.31. The van der Waals surface area contributed by atoms with E-state index >= 15 is 0 Å². The van der Waals surface area contributed by atoms with Gasteiger partial charge < -0.3 is 5.32 Å². The highest BCUT2D eigenvalue weighted by Crippen LogP contribution is 2.24. The molecule has 114 valence electrons. The molecule has 1 aromatic carbocycles. The highest BCUT2D eigenvalue weighted by molar-refractivity contribution is 9.10. The molecule has 0 aliphatic carbocycles. The minimum atomic E-state index is -3.63. The predicted octanol–water partition coefficient (Wildman–Crippen LogP) is 2.06. The lowest BCUT2D eigenvalue weighted by Crippen LogP contribution is -2.19. The summed E-state index contributed by atoms with van der Waals surface area (Å²) in [5.41, 5.74) is 0.498. The molecule has 0 bridgehead atoms. The summed E-state index contributed by atoms with van der Waals surface area (Å²) in [6, 6.07) is 7.05. The molecule has 1 aromatic heterocycles. The third-order valence-electron chi connectivity index (χ3n) is 2.81. The average molecular weight is 373 g/mol. The Kier molecular flexibility index (Phi) is 5.38. The van der Waals surface area contributed by atoms with E-state index in [0.717, 1.165) is 13.1 Å². The van der Waals surface area contributed by atoms with Crippen molar-refractivity contribution in [3.63, 3.8) is 0 Å². The Labute approximate surface area is 132 Å². The molecule has 2 N–H and O–H groups in total. The molecule has 1 heterocycles. The fraction of sp³-hybridized carbons (Fsp3) is 0.308. The van der Waals surface area contributed by atoms with Crippen LogP contribution < -0.4 is 10.0 Å². The average Bonchev–Trinajstić information content (AvgIpc) is 2.91. The van der Waals surface area contributed by atoms with E-state index in [0.29, 0.717) is 16.7 Å². The van der Waals surface area contributed by atoms with Gasteiger partial charge >= 0.3 is 0 Å². The first-order valence-corrected chi connectivity index (χ1v) is 8.81. The lowest BCUT2D eigenvalue weighted by Gasteiger charge is -2.07. The number of rotatable bonds is 7. The Balaban J connectivity index is 2.11. The second-order valence-corrected chi connectivity index (χ2v) is 6.91. The van der Waals surface area contributed by atoms with Crippen LogP contribution in [-0.2, 0) is 16.6 Å². The van der Waals surface area contributed by atoms with Crippen molar-refractivity contribution in [3.05, 3.63) is 41.1 Å². The van der Waals surface area contributed by atoms with Gasteiger partial charge in [0.05, 0.1) is 18.4 Å². The largest absolute Gasteiger partial charge is 0.315 e. The number of aromatic nitrogens is 2. The Morgan fingerprint density at radius 3 is 2.81 bits per heavy atom. The van der Waals surface area contributed by atoms with Crippen molar-refractivity contribution in [2.45, 2.75) is 18.4 Å². The van der Waals surface area contributed by atoms with Crippen LogP contribution in [0.1, 0.15) is 6.92 Å². The van der Waals surface area contributed by atoms with Gasteiger partial charge in [-0.25, -0.2) is 8.42 Å². The Hall–Kier alpha value is -1.38. The van der Waals surface area contributed by atoms with Gasteiger partial charge in [0.1, 0.15) is 4.90 Å². The molecule has 0 saturated heterocycles. The van der Waals surface area contributed by atoms with Crippen LogP contribution in [-0.4, -0.2) is 31.3 Å². The summed E-state index contributed by atoms with van der Waals surface area (Å²) in [4.78, 5) is 0.148. The Morgan fingerprint density at radius 1 is 1.33 bits per heavy atom. The smallest absolute Gasteiger partial charge is 0.265 e. The molecule has 0 atom stereocenters. The number of hydrogen-bond acceptors (Lipinski definition) is 4. The van der Waals surface area contributed by atoms with E-state index in [1.807, 2.05) is 13.0 Å². The number of anilines is 1. The third-order valence-corrected chi connectivity index (χ3v) is 4.82. The number of sulfonamides is 1. The molecule has 0 saturated carbocycles. The maximum Gasteiger partial charge on any atom is 0.265 e. The summed E-state index contributed by atoms with van der Waals surface area (Å²) in [5.74, 6) is 0. The van der Waals surface area contributed by atoms with Crippen molar-refractivity contribution in [2.75, 3.05) is 17.8 Å². The van der Waals surface area contributed by atoms with Gasteiger partial charge in [0.2, 0.25) is 0 Å². The highest BCUT2D eigenvalue weighted by Gasteiger charge is 2.17. The van der Waals surface area contributed by atoms with Gasteiger partial charge in [0.15, 0.2) is 0 Å². The highest BCUT2D eigenvalue weighted by atomic mass is 79.9. The van der Waals surface area contributed by atoms with Crippen LogP contribution >= 0.6 is 15.9 Å². The number of para-hydroxylation sites is 1. The number of halogens is 1. The maximum atomic E-state index is 12.3. The first-order chi connectivity index (χ1) is 10.0. The molecule has 0 radical (unpaired) electrons. The second-order valence-electron chi connectivity index (χ2n) is 4.38. The molecule has 0 spiro atoms. The molecule has 0 unspecified atom stereocenters. The molecular weight excluding hydrogens is 356 g/mol. The van der Waals surface area contributed by atoms with Crippen LogP contribution in [0.5, 0.6) is 0 Å². The zero-order valence-corrected chi connectivity index (χ0v) is 14.0. The van der Waals surface area contributed by atoms with Gasteiger partial charge in [0.25, 0.3) is 10.0 Å². The van der Waals surface area contributed by atoms with Gasteiger partial charge in [-0.05, 0) is 34.6 Å². The maximum absolute atomic E-state index is 12.3. The Bertz CT molecular complexity index is 700. The van der Waals surface area contributed by atoms with Crippen LogP contribution in [0, 0.1) is 0 Å². The van der Waals surface area contributed by atoms with Crippen LogP contribution in [0.25, 0.3) is 0 Å². The standard InChI is InChI=1S/C13H17BrN4O2S/c1-2-15-7-8-18-10-11(9-16-18)21(19,20)17-13-6-4-3-5-12(13)14/h3-6,9-10,15,17H,2,7-8H2,1H3. The van der Waals surface area contributed by atoms with Crippen LogP contribution in [0.2, 0.25) is 0 Å². The van der Waals surface area contributed by atoms with E-state index in [-0.39, 0.29) is 4.90 Å². The van der Waals surface area contributed by atoms with Gasteiger partial charge in [-0.15, -0.1) is 0 Å². The van der Waals surface area contributed by atoms with E-state index in [9.17, 15) is 8.42 Å². The minimum absolute atomic E-state index is 0.148. The normalized spacial score (nSPS) is 11.5. The zero-order chi connectivity index (χ0) is 15.3. The third kappa shape index (κ3) is 4.29. The SMILES string of the molecule is CCNCCn1cc(S(=O)(=O)Nc2ccccc2Br)cn1. The summed E-state index contributed by atoms with van der Waals surface area (Å²) in [6.07, 6.45) is 2.88. The van der Waals surface area contributed by atoms with Gasteiger partial charge in [-0.3, -0.25) is 9.40 Å². The molecule has 2 rings (SSSR count). The molecule has 6 nitrogen and oxygen atoms in total. The number of benzene rings is 1. The number of likely N-dealkylation sites (N-methyl/N-ethyl adjacent to an activating group) is 1. The fourth-order valence-corrected chi connectivity index (χ4v) is 3.27. The summed E-state index contributed by atoms with van der Waals surface area (Å²) in [6.45, 7) is 4.25. The molecule has 0 aliphatic heterocycles. The van der Waals surface area contributed by atoms with Crippen molar-refractivity contribution >= 4 is 31.6 Å². The van der Waals surface area contributed by atoms with Crippen LogP contribution in [0.4, 0.5) is 5.69 Å². The lowest BCUT2D eigenvalue weighted by molar-refractivity contribution is 0.564. The van der Waals surface area contributed by atoms with E-state index in [1.54, 1.807) is 22.9 Å². The quantitative estimate of drug-likeness (QED) is 0.729. The van der Waals surface area contributed by atoms with E-state index in [1.165, 1.54) is 12.4 Å². The van der Waals surface area contributed by atoms with E-state index in [4.69, 9.17) is 0 Å². The fourth-order valence-electron chi connectivity index (χ4n) is 1.72. The predicted molar refractivity (Wildman–Crippen MR) is 85.7 cm³/mol. The van der Waals surface area contributed by atoms with Crippen LogP contribution in [0.3, 0.4) is 0 Å². The summed E-state index contributed by atoms with van der Waals surface area (Å²) in [7, 11) is -3.63. The summed E-state index contributed by atoms with van der Waals surface area (Å²) in [5, 5.41) is 7.22. The van der Waals surface area contributed by atoms with Crippen molar-refractivity contribution in [1.82, 2.24) is 15.1 Å². The van der Waals surface area contributed by atoms with Crippen molar-refractivity contribution < 1.29 is 8.42 Å². The lowest BCUT2D eigenvalue weighted by atomic mass is 10.3. The zero-order valence-electron chi connectivity index (χ0n) is 11.6. The second kappa shape index (κ2) is 7.06. The first-order valence-electron chi connectivity index (χ1n) is 6.53. The van der Waals surface area contributed by atoms with Gasteiger partial charge in [0, 0.05) is 17.2 Å². The van der Waals surface area contributed by atoms with Crippen molar-refractivity contribution in [1.29, 1.82) is 0 Å². The van der Waals surface area contributed by atoms with Gasteiger partial charge in [-0.2, -0.15) is 5.10 Å². The minimum Gasteiger partial charge on any atom is -0.315 e. The molecule has 8 heteroatoms. The van der Waals surface area contributed by atoms with Crippen molar-refractivity contribution in [3.8, 4) is 0 Å². The van der Waals surface area contributed by atoms with E-state index < -0.39 is 10.0 Å². The van der Waals surface area contributed by atoms with E-state index in [2.05, 4.69) is 31.1 Å². The number of nitrogens with zero attached hydrogens (tertiary/aromatic N) is 2. The molecule has 2 aromatic rings. The monoisotopic (exact) mass is 372 g/mol. The number of hydrogen-bond donors (Lipinski definition) is 2. The molecule has 0 fully saturated rings. The molecule has 0 amide bonds. The van der Waals surface area contributed by atoms with Gasteiger partial charge in [-0.1, -0.05) is 19.1 Å². The van der Waals surface area contributed by atoms with Crippen molar-refractivity contribution in [2.24, 2.45) is 0 Å². The molecule has 0 aliphatic rings. The first kappa shape index (κ1) is 16.0. The van der Waals surface area contributed by atoms with Crippen LogP contribution in [0.15, 0.2) is 46.0 Å². The molecular formula is C13H17BrN4O2S. The molecule has 21 heavy (non-hydrogen) atoms.